The minimum atomic E-state index is -0.448. The maximum atomic E-state index is 13.0. The smallest absolute Gasteiger partial charge is 0.311 e. The number of benzene rings is 1. The van der Waals surface area contributed by atoms with E-state index in [1.807, 2.05) is 55.6 Å². The minimum Gasteiger partial charge on any atom is -0.457 e. The minimum absolute atomic E-state index is 0.0159. The van der Waals surface area contributed by atoms with Crippen molar-refractivity contribution in [1.82, 2.24) is 5.16 Å². The third-order valence-corrected chi connectivity index (χ3v) is 6.02. The molecule has 1 saturated heterocycles. The molecule has 2 unspecified atom stereocenters. The van der Waals surface area contributed by atoms with Gasteiger partial charge in [0.15, 0.2) is 12.4 Å². The average molecular weight is 410 g/mol. The third kappa shape index (κ3) is 4.10. The van der Waals surface area contributed by atoms with Gasteiger partial charge in [0, 0.05) is 23.1 Å². The van der Waals surface area contributed by atoms with Gasteiger partial charge in [-0.05, 0) is 43.8 Å². The van der Waals surface area contributed by atoms with E-state index in [1.54, 1.807) is 22.3 Å². The van der Waals surface area contributed by atoms with Crippen molar-refractivity contribution in [2.45, 2.75) is 39.3 Å². The molecule has 1 aromatic carbocycles. The second kappa shape index (κ2) is 8.21. The molecular formula is C22H22N2O4S. The lowest BCUT2D eigenvalue weighted by Gasteiger charge is -2.39. The molecular weight excluding hydrogens is 388 g/mol. The largest absolute Gasteiger partial charge is 0.457 e. The second-order valence-electron chi connectivity index (χ2n) is 7.25. The van der Waals surface area contributed by atoms with Crippen LogP contribution in [0.2, 0.25) is 0 Å². The first kappa shape index (κ1) is 19.4. The maximum absolute atomic E-state index is 13.0. The van der Waals surface area contributed by atoms with Crippen molar-refractivity contribution in [3.05, 3.63) is 69.7 Å². The van der Waals surface area contributed by atoms with Gasteiger partial charge >= 0.3 is 5.97 Å². The topological polar surface area (TPSA) is 72.6 Å². The Bertz CT molecular complexity index is 994. The van der Waals surface area contributed by atoms with Crippen molar-refractivity contribution in [3.8, 4) is 0 Å². The number of aromatic nitrogens is 1. The van der Waals surface area contributed by atoms with Crippen molar-refractivity contribution in [2.75, 3.05) is 4.90 Å². The first-order valence-electron chi connectivity index (χ1n) is 9.54. The summed E-state index contributed by atoms with van der Waals surface area (Å²) in [7, 11) is 0. The number of ether oxygens (including phenoxy) is 1. The van der Waals surface area contributed by atoms with E-state index >= 15 is 0 Å². The number of piperidine rings is 1. The summed E-state index contributed by atoms with van der Waals surface area (Å²) < 4.78 is 10.7. The van der Waals surface area contributed by atoms with E-state index < -0.39 is 5.92 Å². The molecule has 7 heteroatoms. The molecule has 0 aliphatic carbocycles. The molecule has 150 valence electrons. The van der Waals surface area contributed by atoms with Gasteiger partial charge in [-0.3, -0.25) is 9.59 Å². The number of amides is 1. The fourth-order valence-corrected chi connectivity index (χ4v) is 4.55. The van der Waals surface area contributed by atoms with E-state index in [-0.39, 0.29) is 24.5 Å². The third-order valence-electron chi connectivity index (χ3n) is 5.08. The Labute approximate surface area is 173 Å². The molecule has 1 aliphatic rings. The number of carbonyl (C=O) groups excluding carboxylic acids is 2. The molecule has 6 nitrogen and oxygen atoms in total. The monoisotopic (exact) mass is 410 g/mol. The molecule has 0 bridgehead atoms. The highest BCUT2D eigenvalue weighted by atomic mass is 32.1. The van der Waals surface area contributed by atoms with Crippen LogP contribution in [0.15, 0.2) is 52.4 Å². The van der Waals surface area contributed by atoms with Gasteiger partial charge in [0.25, 0.3) is 0 Å². The molecule has 0 spiro atoms. The van der Waals surface area contributed by atoms with Crippen molar-refractivity contribution in [3.63, 3.8) is 0 Å². The van der Waals surface area contributed by atoms with Crippen LogP contribution in [0, 0.1) is 19.8 Å². The predicted octanol–water partition coefficient (Wildman–Crippen LogP) is 4.58. The summed E-state index contributed by atoms with van der Waals surface area (Å²) in [5, 5.41) is 5.77. The Morgan fingerprint density at radius 3 is 2.72 bits per heavy atom. The predicted molar refractivity (Wildman–Crippen MR) is 109 cm³/mol. The van der Waals surface area contributed by atoms with Crippen LogP contribution >= 0.6 is 11.3 Å². The molecule has 2 atom stereocenters. The highest BCUT2D eigenvalue weighted by Gasteiger charge is 2.42. The van der Waals surface area contributed by atoms with Crippen LogP contribution in [0.25, 0.3) is 0 Å². The lowest BCUT2D eigenvalue weighted by molar-refractivity contribution is -0.152. The molecule has 1 amide bonds. The summed E-state index contributed by atoms with van der Waals surface area (Å²) in [6, 6.07) is 13.1. The summed E-state index contributed by atoms with van der Waals surface area (Å²) in [6.07, 6.45) is 0.759. The molecule has 0 saturated carbocycles. The Morgan fingerprint density at radius 2 is 2.07 bits per heavy atom. The number of esters is 1. The lowest BCUT2D eigenvalue weighted by atomic mass is 9.87. The number of nitrogens with zero attached hydrogens (tertiary/aromatic N) is 2. The van der Waals surface area contributed by atoms with E-state index in [0.29, 0.717) is 18.6 Å². The number of aryl methyl sites for hydroxylation is 2. The fourth-order valence-electron chi connectivity index (χ4n) is 3.67. The summed E-state index contributed by atoms with van der Waals surface area (Å²) in [5.74, 6) is -0.258. The van der Waals surface area contributed by atoms with Gasteiger partial charge < -0.3 is 14.2 Å². The number of hydrogen-bond donors (Lipinski definition) is 0. The van der Waals surface area contributed by atoms with Crippen molar-refractivity contribution in [2.24, 2.45) is 5.92 Å². The van der Waals surface area contributed by atoms with Crippen LogP contribution in [0.4, 0.5) is 5.69 Å². The van der Waals surface area contributed by atoms with Gasteiger partial charge in [-0.25, -0.2) is 0 Å². The van der Waals surface area contributed by atoms with Gasteiger partial charge in [-0.1, -0.05) is 28.9 Å². The lowest BCUT2D eigenvalue weighted by Crippen LogP contribution is -2.45. The maximum Gasteiger partial charge on any atom is 0.311 e. The average Bonchev–Trinajstić information content (AvgIpc) is 3.38. The van der Waals surface area contributed by atoms with Crippen LogP contribution in [0.5, 0.6) is 0 Å². The molecule has 4 rings (SSSR count). The number of thiophene rings is 1. The van der Waals surface area contributed by atoms with Crippen LogP contribution in [-0.2, 0) is 20.9 Å². The Morgan fingerprint density at radius 1 is 1.28 bits per heavy atom. The molecule has 1 fully saturated rings. The molecule has 1 aliphatic heterocycles. The van der Waals surface area contributed by atoms with Gasteiger partial charge in [-0.15, -0.1) is 11.3 Å². The molecule has 3 aromatic rings. The summed E-state index contributed by atoms with van der Waals surface area (Å²) >= 11 is 1.54. The molecule has 3 heterocycles. The molecule has 29 heavy (non-hydrogen) atoms. The number of hydrogen-bond acceptors (Lipinski definition) is 6. The number of anilines is 1. The molecule has 0 radical (unpaired) electrons. The van der Waals surface area contributed by atoms with E-state index in [2.05, 4.69) is 5.16 Å². The fraction of sp³-hybridized carbons (Fsp3) is 0.318. The Balaban J connectivity index is 1.62. The van der Waals surface area contributed by atoms with Crippen molar-refractivity contribution in [1.29, 1.82) is 0 Å². The zero-order valence-corrected chi connectivity index (χ0v) is 17.1. The van der Waals surface area contributed by atoms with Gasteiger partial charge in [0.1, 0.15) is 0 Å². The van der Waals surface area contributed by atoms with E-state index in [1.165, 1.54) is 0 Å². The highest BCUT2D eigenvalue weighted by Crippen LogP contribution is 2.42. The van der Waals surface area contributed by atoms with E-state index in [4.69, 9.17) is 9.26 Å². The van der Waals surface area contributed by atoms with Crippen LogP contribution in [0.3, 0.4) is 0 Å². The Kier molecular flexibility index (Phi) is 5.49. The van der Waals surface area contributed by atoms with Crippen molar-refractivity contribution >= 4 is 28.9 Å². The Hall–Kier alpha value is -2.93. The van der Waals surface area contributed by atoms with Crippen LogP contribution in [-0.4, -0.2) is 17.0 Å². The summed E-state index contributed by atoms with van der Waals surface area (Å²) in [5.41, 5.74) is 2.65. The van der Waals surface area contributed by atoms with Gasteiger partial charge in [0.05, 0.1) is 17.7 Å². The molecule has 2 aromatic heterocycles. The second-order valence-corrected chi connectivity index (χ2v) is 8.23. The first-order valence-corrected chi connectivity index (χ1v) is 10.4. The zero-order chi connectivity index (χ0) is 20.4. The standard InChI is InChI=1S/C22H22N2O4S/c1-14-5-7-16(8-6-14)24-20(25)10-9-18(21(24)19-4-3-11-29-19)22(26)27-13-17-12-15(2)23-28-17/h3-8,11-12,18,21H,9-10,13H2,1-2H3. The van der Waals surface area contributed by atoms with Crippen LogP contribution < -0.4 is 4.90 Å². The highest BCUT2D eigenvalue weighted by molar-refractivity contribution is 7.10. The number of rotatable bonds is 5. The van der Waals surface area contributed by atoms with Gasteiger partial charge in [-0.2, -0.15) is 0 Å². The summed E-state index contributed by atoms with van der Waals surface area (Å²) in [6.45, 7) is 3.85. The van der Waals surface area contributed by atoms with Crippen LogP contribution in [0.1, 0.15) is 40.8 Å². The first-order chi connectivity index (χ1) is 14.0. The van der Waals surface area contributed by atoms with E-state index in [0.717, 1.165) is 21.8 Å². The van der Waals surface area contributed by atoms with Gasteiger partial charge in [0.2, 0.25) is 5.91 Å². The number of carbonyl (C=O) groups is 2. The summed E-state index contributed by atoms with van der Waals surface area (Å²) in [4.78, 5) is 28.6. The van der Waals surface area contributed by atoms with E-state index in [9.17, 15) is 9.59 Å². The van der Waals surface area contributed by atoms with Crippen molar-refractivity contribution < 1.29 is 18.8 Å². The SMILES string of the molecule is Cc1ccc(N2C(=O)CCC(C(=O)OCc3cc(C)no3)C2c2cccs2)cc1. The molecule has 0 N–H and O–H groups in total. The normalized spacial score (nSPS) is 19.4. The quantitative estimate of drug-likeness (QED) is 0.576. The zero-order valence-electron chi connectivity index (χ0n) is 16.3.